The van der Waals surface area contributed by atoms with Gasteiger partial charge in [-0.05, 0) is 31.0 Å². The van der Waals surface area contributed by atoms with Crippen molar-refractivity contribution in [1.29, 1.82) is 0 Å². The minimum atomic E-state index is -4.48. The van der Waals surface area contributed by atoms with Crippen LogP contribution in [0.25, 0.3) is 0 Å². The molecule has 0 radical (unpaired) electrons. The number of ether oxygens (including phenoxy) is 1. The predicted molar refractivity (Wildman–Crippen MR) is 57.7 cm³/mol. The zero-order chi connectivity index (χ0) is 13.1. The van der Waals surface area contributed by atoms with Crippen molar-refractivity contribution in [3.8, 4) is 5.75 Å². The summed E-state index contributed by atoms with van der Waals surface area (Å²) in [6, 6.07) is 3.59. The molecule has 5 heteroatoms. The highest BCUT2D eigenvalue weighted by atomic mass is 19.4. The number of hydrogen-bond acceptors (Lipinski definition) is 2. The van der Waals surface area contributed by atoms with E-state index in [0.717, 1.165) is 6.07 Å². The minimum Gasteiger partial charge on any atom is -0.490 e. The summed E-state index contributed by atoms with van der Waals surface area (Å²) in [6.45, 7) is 3.12. The van der Waals surface area contributed by atoms with Crippen LogP contribution in [0.3, 0.4) is 0 Å². The van der Waals surface area contributed by atoms with E-state index in [2.05, 4.69) is 0 Å². The zero-order valence-electron chi connectivity index (χ0n) is 9.71. The third-order valence-corrected chi connectivity index (χ3v) is 2.44. The Morgan fingerprint density at radius 2 is 2.00 bits per heavy atom. The first kappa shape index (κ1) is 13.8. The molecule has 0 aliphatic heterocycles. The van der Waals surface area contributed by atoms with Crippen LogP contribution in [-0.2, 0) is 12.8 Å². The number of halogens is 3. The Morgan fingerprint density at radius 1 is 1.35 bits per heavy atom. The molecule has 0 aliphatic carbocycles. The van der Waals surface area contributed by atoms with Gasteiger partial charge in [0, 0.05) is 0 Å². The second-order valence-electron chi connectivity index (χ2n) is 3.82. The summed E-state index contributed by atoms with van der Waals surface area (Å²) < 4.78 is 43.5. The monoisotopic (exact) mass is 248 g/mol. The van der Waals surface area contributed by atoms with Crippen molar-refractivity contribution in [1.82, 2.24) is 0 Å². The van der Waals surface area contributed by atoms with Gasteiger partial charge in [0.05, 0.1) is 18.3 Å². The van der Waals surface area contributed by atoms with Crippen LogP contribution in [0.1, 0.15) is 31.4 Å². The van der Waals surface area contributed by atoms with Crippen LogP contribution < -0.4 is 4.74 Å². The Kier molecular flexibility index (Phi) is 4.40. The normalized spacial score (nSPS) is 13.5. The molecular weight excluding hydrogens is 233 g/mol. The van der Waals surface area contributed by atoms with E-state index in [1.54, 1.807) is 6.92 Å². The lowest BCUT2D eigenvalue weighted by Crippen LogP contribution is -2.15. The van der Waals surface area contributed by atoms with Gasteiger partial charge < -0.3 is 9.84 Å². The Balaban J connectivity index is 3.11. The maximum Gasteiger partial charge on any atom is 0.419 e. The Bertz CT molecular complexity index is 375. The molecule has 0 saturated carbocycles. The number of alkyl halides is 3. The highest BCUT2D eigenvalue weighted by Crippen LogP contribution is 2.37. The molecule has 0 spiro atoms. The second-order valence-corrected chi connectivity index (χ2v) is 3.82. The minimum absolute atomic E-state index is 0.191. The first-order chi connectivity index (χ1) is 7.88. The van der Waals surface area contributed by atoms with Crippen molar-refractivity contribution >= 4 is 0 Å². The molecule has 0 aliphatic rings. The zero-order valence-corrected chi connectivity index (χ0v) is 9.71. The third kappa shape index (κ3) is 3.63. The van der Waals surface area contributed by atoms with Gasteiger partial charge in [0.15, 0.2) is 0 Å². The quantitative estimate of drug-likeness (QED) is 0.885. The van der Waals surface area contributed by atoms with Crippen LogP contribution in [0.5, 0.6) is 5.75 Å². The molecule has 0 bridgehead atoms. The molecular formula is C12H15F3O2. The lowest BCUT2D eigenvalue weighted by atomic mass is 10.1. The molecule has 1 N–H and O–H groups in total. The van der Waals surface area contributed by atoms with Gasteiger partial charge >= 0.3 is 6.18 Å². The topological polar surface area (TPSA) is 29.5 Å². The molecule has 0 fully saturated rings. The van der Waals surface area contributed by atoms with E-state index in [0.29, 0.717) is 6.42 Å². The molecule has 0 saturated heterocycles. The molecule has 17 heavy (non-hydrogen) atoms. The number of aliphatic hydroxyl groups is 1. The largest absolute Gasteiger partial charge is 0.490 e. The summed E-state index contributed by atoms with van der Waals surface area (Å²) in [5.74, 6) is -0.191. The fourth-order valence-corrected chi connectivity index (χ4v) is 1.30. The maximum absolute atomic E-state index is 12.8. The molecule has 1 aromatic rings. The number of hydrogen-bond donors (Lipinski definition) is 1. The molecule has 96 valence electrons. The van der Waals surface area contributed by atoms with E-state index in [1.165, 1.54) is 12.1 Å². The van der Waals surface area contributed by atoms with Crippen LogP contribution in [0.15, 0.2) is 18.2 Å². The van der Waals surface area contributed by atoms with Crippen molar-refractivity contribution in [2.75, 3.05) is 0 Å². The van der Waals surface area contributed by atoms with Gasteiger partial charge in [-0.25, -0.2) is 0 Å². The Labute approximate surface area is 98.0 Å². The molecule has 1 unspecified atom stereocenters. The fourth-order valence-electron chi connectivity index (χ4n) is 1.30. The van der Waals surface area contributed by atoms with Gasteiger partial charge in [-0.15, -0.1) is 0 Å². The van der Waals surface area contributed by atoms with Crippen molar-refractivity contribution in [2.24, 2.45) is 0 Å². The summed E-state index contributed by atoms with van der Waals surface area (Å²) in [5.41, 5.74) is -0.627. The van der Waals surface area contributed by atoms with Crippen molar-refractivity contribution < 1.29 is 23.0 Å². The molecule has 0 heterocycles. The second kappa shape index (κ2) is 5.40. The summed E-state index contributed by atoms with van der Waals surface area (Å²) >= 11 is 0. The highest BCUT2D eigenvalue weighted by Gasteiger charge is 2.34. The Morgan fingerprint density at radius 3 is 2.47 bits per heavy atom. The van der Waals surface area contributed by atoms with Crippen LogP contribution in [0, 0.1) is 0 Å². The van der Waals surface area contributed by atoms with Crippen LogP contribution >= 0.6 is 0 Å². The maximum atomic E-state index is 12.8. The van der Waals surface area contributed by atoms with E-state index in [4.69, 9.17) is 9.84 Å². The van der Waals surface area contributed by atoms with E-state index in [9.17, 15) is 13.2 Å². The highest BCUT2D eigenvalue weighted by molar-refractivity contribution is 5.39. The standard InChI is InChI=1S/C12H15F3O2/c1-3-8(2)17-11-5-4-9(7-16)6-10(11)12(13,14)15/h4-6,8,16H,3,7H2,1-2H3. The molecule has 1 aromatic carbocycles. The van der Waals surface area contributed by atoms with E-state index in [-0.39, 0.29) is 17.4 Å². The molecule has 0 aromatic heterocycles. The van der Waals surface area contributed by atoms with Gasteiger partial charge in [-0.3, -0.25) is 0 Å². The fraction of sp³-hybridized carbons (Fsp3) is 0.500. The number of rotatable bonds is 4. The van der Waals surface area contributed by atoms with Gasteiger partial charge in [-0.1, -0.05) is 13.0 Å². The molecule has 2 nitrogen and oxygen atoms in total. The van der Waals surface area contributed by atoms with Crippen LogP contribution in [0.4, 0.5) is 13.2 Å². The summed E-state index contributed by atoms with van der Waals surface area (Å²) in [4.78, 5) is 0. The summed E-state index contributed by atoms with van der Waals surface area (Å²) in [6.07, 6.45) is -4.14. The van der Waals surface area contributed by atoms with E-state index >= 15 is 0 Å². The van der Waals surface area contributed by atoms with E-state index < -0.39 is 18.3 Å². The average molecular weight is 248 g/mol. The predicted octanol–water partition coefficient (Wildman–Crippen LogP) is 3.38. The molecule has 1 rings (SSSR count). The third-order valence-electron chi connectivity index (χ3n) is 2.44. The van der Waals surface area contributed by atoms with E-state index in [1.807, 2.05) is 6.92 Å². The van der Waals surface area contributed by atoms with Crippen LogP contribution in [0.2, 0.25) is 0 Å². The SMILES string of the molecule is CCC(C)Oc1ccc(CO)cc1C(F)(F)F. The van der Waals surface area contributed by atoms with Crippen molar-refractivity contribution in [3.05, 3.63) is 29.3 Å². The summed E-state index contributed by atoms with van der Waals surface area (Å²) in [5, 5.41) is 8.84. The lowest BCUT2D eigenvalue weighted by Gasteiger charge is -2.18. The number of benzene rings is 1. The molecule has 1 atom stereocenters. The van der Waals surface area contributed by atoms with Gasteiger partial charge in [0.1, 0.15) is 5.75 Å². The average Bonchev–Trinajstić information content (AvgIpc) is 2.28. The summed E-state index contributed by atoms with van der Waals surface area (Å²) in [7, 11) is 0. The van der Waals surface area contributed by atoms with Crippen molar-refractivity contribution in [3.63, 3.8) is 0 Å². The first-order valence-electron chi connectivity index (χ1n) is 5.36. The smallest absolute Gasteiger partial charge is 0.419 e. The van der Waals surface area contributed by atoms with Gasteiger partial charge in [-0.2, -0.15) is 13.2 Å². The lowest BCUT2D eigenvalue weighted by molar-refractivity contribution is -0.139. The van der Waals surface area contributed by atoms with Gasteiger partial charge in [0.25, 0.3) is 0 Å². The first-order valence-corrected chi connectivity index (χ1v) is 5.36. The van der Waals surface area contributed by atoms with Crippen molar-refractivity contribution in [2.45, 2.75) is 39.2 Å². The Hall–Kier alpha value is -1.23. The number of aliphatic hydroxyl groups excluding tert-OH is 1. The van der Waals surface area contributed by atoms with Gasteiger partial charge in [0.2, 0.25) is 0 Å². The van der Waals surface area contributed by atoms with Crippen LogP contribution in [-0.4, -0.2) is 11.2 Å². The molecule has 0 amide bonds.